The van der Waals surface area contributed by atoms with Gasteiger partial charge in [-0.25, -0.2) is 0 Å². The fourth-order valence-electron chi connectivity index (χ4n) is 2.26. The highest BCUT2D eigenvalue weighted by atomic mass is 16.5. The van der Waals surface area contributed by atoms with Crippen molar-refractivity contribution in [1.29, 1.82) is 0 Å². The maximum atomic E-state index is 11.8. The Morgan fingerprint density at radius 2 is 2.00 bits per heavy atom. The lowest BCUT2D eigenvalue weighted by atomic mass is 9.84. The summed E-state index contributed by atoms with van der Waals surface area (Å²) in [6, 6.07) is 0. The van der Waals surface area contributed by atoms with Gasteiger partial charge < -0.3 is 15.8 Å². The van der Waals surface area contributed by atoms with Gasteiger partial charge in [0.15, 0.2) is 0 Å². The summed E-state index contributed by atoms with van der Waals surface area (Å²) >= 11 is 0. The van der Waals surface area contributed by atoms with Crippen LogP contribution in [-0.2, 0) is 9.53 Å². The zero-order valence-corrected chi connectivity index (χ0v) is 11.8. The number of amides is 1. The first-order chi connectivity index (χ1) is 8.53. The monoisotopic (exact) mass is 256 g/mol. The molecule has 0 spiro atoms. The van der Waals surface area contributed by atoms with E-state index < -0.39 is 0 Å². The van der Waals surface area contributed by atoms with Crippen molar-refractivity contribution in [2.24, 2.45) is 17.1 Å². The van der Waals surface area contributed by atoms with Gasteiger partial charge in [0.25, 0.3) is 0 Å². The van der Waals surface area contributed by atoms with Gasteiger partial charge in [0.2, 0.25) is 5.91 Å². The molecule has 18 heavy (non-hydrogen) atoms. The van der Waals surface area contributed by atoms with Gasteiger partial charge in [-0.15, -0.1) is 0 Å². The van der Waals surface area contributed by atoms with E-state index in [1.165, 1.54) is 0 Å². The molecule has 4 nitrogen and oxygen atoms in total. The Labute approximate surface area is 111 Å². The molecule has 0 bridgehead atoms. The first-order valence-corrected chi connectivity index (χ1v) is 7.08. The van der Waals surface area contributed by atoms with Gasteiger partial charge in [-0.2, -0.15) is 0 Å². The van der Waals surface area contributed by atoms with Gasteiger partial charge in [-0.1, -0.05) is 13.8 Å². The van der Waals surface area contributed by atoms with E-state index in [1.54, 1.807) is 0 Å². The fraction of sp³-hybridized carbons (Fsp3) is 0.929. The van der Waals surface area contributed by atoms with Crippen molar-refractivity contribution in [3.8, 4) is 0 Å². The number of hydrogen-bond acceptors (Lipinski definition) is 3. The molecule has 1 heterocycles. The lowest BCUT2D eigenvalue weighted by Gasteiger charge is -2.24. The van der Waals surface area contributed by atoms with Crippen molar-refractivity contribution in [2.75, 3.05) is 26.3 Å². The maximum Gasteiger partial charge on any atom is 0.220 e. The Kier molecular flexibility index (Phi) is 6.65. The van der Waals surface area contributed by atoms with Crippen LogP contribution in [0, 0.1) is 11.3 Å². The molecule has 0 atom stereocenters. The first-order valence-electron chi connectivity index (χ1n) is 7.08. The first kappa shape index (κ1) is 15.4. The Hall–Kier alpha value is -0.610. The zero-order valence-electron chi connectivity index (χ0n) is 11.8. The third-order valence-electron chi connectivity index (χ3n) is 3.78. The largest absolute Gasteiger partial charge is 0.381 e. The van der Waals surface area contributed by atoms with Gasteiger partial charge >= 0.3 is 0 Å². The molecule has 1 aliphatic heterocycles. The molecule has 0 unspecified atom stereocenters. The number of rotatable bonds is 7. The van der Waals surface area contributed by atoms with Gasteiger partial charge in [0.05, 0.1) is 0 Å². The third kappa shape index (κ3) is 6.36. The van der Waals surface area contributed by atoms with E-state index in [0.717, 1.165) is 45.4 Å². The van der Waals surface area contributed by atoms with Crippen LogP contribution in [0.5, 0.6) is 0 Å². The standard InChI is InChI=1S/C14H28N2O2/c1-14(2,7-8-15)6-3-13(17)16-11-12-4-9-18-10-5-12/h12H,3-11,15H2,1-2H3,(H,16,17). The second kappa shape index (κ2) is 7.74. The number of hydrogen-bond donors (Lipinski definition) is 2. The minimum absolute atomic E-state index is 0.171. The smallest absolute Gasteiger partial charge is 0.220 e. The molecule has 3 N–H and O–H groups in total. The molecule has 1 rings (SSSR count). The van der Waals surface area contributed by atoms with Crippen molar-refractivity contribution < 1.29 is 9.53 Å². The lowest BCUT2D eigenvalue weighted by molar-refractivity contribution is -0.122. The van der Waals surface area contributed by atoms with E-state index in [9.17, 15) is 4.79 Å². The molecule has 1 amide bonds. The predicted octanol–water partition coefficient (Wildman–Crippen LogP) is 1.68. The topological polar surface area (TPSA) is 64.4 Å². The van der Waals surface area contributed by atoms with E-state index in [2.05, 4.69) is 19.2 Å². The van der Waals surface area contributed by atoms with Crippen molar-refractivity contribution in [3.63, 3.8) is 0 Å². The van der Waals surface area contributed by atoms with Crippen molar-refractivity contribution in [3.05, 3.63) is 0 Å². The predicted molar refractivity (Wildman–Crippen MR) is 73.2 cm³/mol. The average Bonchev–Trinajstić information content (AvgIpc) is 2.35. The van der Waals surface area contributed by atoms with Crippen LogP contribution >= 0.6 is 0 Å². The van der Waals surface area contributed by atoms with E-state index in [1.807, 2.05) is 0 Å². The van der Waals surface area contributed by atoms with E-state index in [0.29, 0.717) is 18.9 Å². The van der Waals surface area contributed by atoms with E-state index in [-0.39, 0.29) is 11.3 Å². The molecule has 0 aliphatic carbocycles. The van der Waals surface area contributed by atoms with Crippen molar-refractivity contribution in [2.45, 2.75) is 46.0 Å². The number of nitrogens with one attached hydrogen (secondary N) is 1. The maximum absolute atomic E-state index is 11.8. The summed E-state index contributed by atoms with van der Waals surface area (Å²) < 4.78 is 5.30. The second-order valence-corrected chi connectivity index (χ2v) is 6.06. The molecule has 0 aromatic heterocycles. The van der Waals surface area contributed by atoms with Crippen LogP contribution < -0.4 is 11.1 Å². The molecule has 1 saturated heterocycles. The molecule has 1 fully saturated rings. The molecule has 0 aromatic carbocycles. The van der Waals surface area contributed by atoms with Gasteiger partial charge in [-0.05, 0) is 43.6 Å². The molecule has 106 valence electrons. The summed E-state index contributed by atoms with van der Waals surface area (Å²) in [5.41, 5.74) is 5.74. The second-order valence-electron chi connectivity index (χ2n) is 6.06. The highest BCUT2D eigenvalue weighted by Gasteiger charge is 2.19. The SMILES string of the molecule is CC(C)(CCN)CCC(=O)NCC1CCOCC1. The summed E-state index contributed by atoms with van der Waals surface area (Å²) in [7, 11) is 0. The van der Waals surface area contributed by atoms with Crippen LogP contribution in [0.4, 0.5) is 0 Å². The van der Waals surface area contributed by atoms with Crippen LogP contribution in [-0.4, -0.2) is 32.2 Å². The van der Waals surface area contributed by atoms with Crippen LogP contribution in [0.1, 0.15) is 46.0 Å². The van der Waals surface area contributed by atoms with Gasteiger partial charge in [0.1, 0.15) is 0 Å². The molecule has 0 saturated carbocycles. The van der Waals surface area contributed by atoms with Crippen LogP contribution in [0.25, 0.3) is 0 Å². The van der Waals surface area contributed by atoms with Gasteiger partial charge in [0, 0.05) is 26.2 Å². The molecule has 0 radical (unpaired) electrons. The normalized spacial score (nSPS) is 17.7. The van der Waals surface area contributed by atoms with Crippen LogP contribution in [0.2, 0.25) is 0 Å². The molecular formula is C14H28N2O2. The molecular weight excluding hydrogens is 228 g/mol. The Balaban J connectivity index is 2.13. The number of ether oxygens (including phenoxy) is 1. The number of carbonyl (C=O) groups excluding carboxylic acids is 1. The minimum Gasteiger partial charge on any atom is -0.381 e. The quantitative estimate of drug-likeness (QED) is 0.728. The van der Waals surface area contributed by atoms with Crippen molar-refractivity contribution in [1.82, 2.24) is 5.32 Å². The highest BCUT2D eigenvalue weighted by molar-refractivity contribution is 5.75. The lowest BCUT2D eigenvalue weighted by Crippen LogP contribution is -2.32. The third-order valence-corrected chi connectivity index (χ3v) is 3.78. The van der Waals surface area contributed by atoms with E-state index in [4.69, 9.17) is 10.5 Å². The Bertz CT molecular complexity index is 248. The highest BCUT2D eigenvalue weighted by Crippen LogP contribution is 2.25. The van der Waals surface area contributed by atoms with Gasteiger partial charge in [-0.3, -0.25) is 4.79 Å². The Morgan fingerprint density at radius 3 is 2.61 bits per heavy atom. The minimum atomic E-state index is 0.171. The fourth-order valence-corrected chi connectivity index (χ4v) is 2.26. The number of nitrogens with two attached hydrogens (primary N) is 1. The molecule has 4 heteroatoms. The molecule has 0 aromatic rings. The zero-order chi connectivity index (χ0) is 13.4. The van der Waals surface area contributed by atoms with Crippen LogP contribution in [0.15, 0.2) is 0 Å². The van der Waals surface area contributed by atoms with E-state index >= 15 is 0 Å². The average molecular weight is 256 g/mol. The summed E-state index contributed by atoms with van der Waals surface area (Å²) in [6.45, 7) is 7.52. The summed E-state index contributed by atoms with van der Waals surface area (Å²) in [6.07, 6.45) is 4.62. The summed E-state index contributed by atoms with van der Waals surface area (Å²) in [4.78, 5) is 11.8. The van der Waals surface area contributed by atoms with Crippen LogP contribution in [0.3, 0.4) is 0 Å². The van der Waals surface area contributed by atoms with Crippen molar-refractivity contribution >= 4 is 5.91 Å². The summed E-state index contributed by atoms with van der Waals surface area (Å²) in [5.74, 6) is 0.770. The Morgan fingerprint density at radius 1 is 1.33 bits per heavy atom. The molecule has 1 aliphatic rings. The number of carbonyl (C=O) groups is 1. The summed E-state index contributed by atoms with van der Waals surface area (Å²) in [5, 5.41) is 3.04.